The minimum Gasteiger partial charge on any atom is -0.250 e. The molecule has 0 saturated heterocycles. The van der Waals surface area contributed by atoms with Gasteiger partial charge < -0.3 is 0 Å². The van der Waals surface area contributed by atoms with E-state index in [0.29, 0.717) is 5.41 Å². The molecular formula is C12H18BrNS. The quantitative estimate of drug-likeness (QED) is 0.751. The van der Waals surface area contributed by atoms with E-state index >= 15 is 0 Å². The second kappa shape index (κ2) is 4.96. The van der Waals surface area contributed by atoms with Crippen LogP contribution < -0.4 is 0 Å². The molecule has 0 bridgehead atoms. The Labute approximate surface area is 104 Å². The standard InChI is InChI=1S/C12H18BrNS/c1-10-11(15-9-14-10)4-7-12(8-13)5-2-3-6-12/h9H,2-8H2,1H3. The van der Waals surface area contributed by atoms with E-state index in [4.69, 9.17) is 0 Å². The van der Waals surface area contributed by atoms with Crippen molar-refractivity contribution in [2.24, 2.45) is 5.41 Å². The highest BCUT2D eigenvalue weighted by Gasteiger charge is 2.32. The first-order valence-corrected chi connectivity index (χ1v) is 7.71. The number of alkyl halides is 1. The Bertz CT molecular complexity index is 315. The fourth-order valence-corrected chi connectivity index (χ4v) is 4.14. The molecule has 0 aromatic carbocycles. The molecular weight excluding hydrogens is 270 g/mol. The fourth-order valence-electron chi connectivity index (χ4n) is 2.52. The van der Waals surface area contributed by atoms with E-state index in [1.807, 2.05) is 16.8 Å². The predicted octanol–water partition coefficient (Wildman–Crippen LogP) is 4.34. The van der Waals surface area contributed by atoms with Gasteiger partial charge in [0.2, 0.25) is 0 Å². The lowest BCUT2D eigenvalue weighted by Crippen LogP contribution is -2.19. The zero-order chi connectivity index (χ0) is 10.7. The number of thiazole rings is 1. The summed E-state index contributed by atoms with van der Waals surface area (Å²) < 4.78 is 0. The van der Waals surface area contributed by atoms with Crippen molar-refractivity contribution in [3.05, 3.63) is 16.1 Å². The van der Waals surface area contributed by atoms with Crippen LogP contribution in [-0.4, -0.2) is 10.3 Å². The maximum atomic E-state index is 4.32. The van der Waals surface area contributed by atoms with Gasteiger partial charge in [-0.3, -0.25) is 0 Å². The van der Waals surface area contributed by atoms with Crippen LogP contribution in [0.4, 0.5) is 0 Å². The van der Waals surface area contributed by atoms with E-state index in [1.165, 1.54) is 54.4 Å². The zero-order valence-electron chi connectivity index (χ0n) is 9.26. The molecule has 1 aliphatic carbocycles. The smallest absolute Gasteiger partial charge is 0.0797 e. The number of rotatable bonds is 4. The predicted molar refractivity (Wildman–Crippen MR) is 69.9 cm³/mol. The van der Waals surface area contributed by atoms with Gasteiger partial charge in [0.25, 0.3) is 0 Å². The Balaban J connectivity index is 1.94. The Morgan fingerprint density at radius 3 is 2.73 bits per heavy atom. The normalized spacial score (nSPS) is 19.6. The highest BCUT2D eigenvalue weighted by molar-refractivity contribution is 9.09. The second-order valence-corrected chi connectivity index (χ2v) is 6.20. The lowest BCUT2D eigenvalue weighted by atomic mass is 9.83. The first kappa shape index (κ1) is 11.6. The highest BCUT2D eigenvalue weighted by atomic mass is 79.9. The first-order valence-electron chi connectivity index (χ1n) is 5.71. The molecule has 0 spiro atoms. The van der Waals surface area contributed by atoms with E-state index in [9.17, 15) is 0 Å². The Morgan fingerprint density at radius 1 is 1.47 bits per heavy atom. The number of aromatic nitrogens is 1. The van der Waals surface area contributed by atoms with Gasteiger partial charge in [-0.25, -0.2) is 4.98 Å². The fraction of sp³-hybridized carbons (Fsp3) is 0.750. The van der Waals surface area contributed by atoms with Crippen LogP contribution in [-0.2, 0) is 6.42 Å². The molecule has 1 heterocycles. The van der Waals surface area contributed by atoms with Crippen LogP contribution >= 0.6 is 27.3 Å². The van der Waals surface area contributed by atoms with Crippen LogP contribution in [0.15, 0.2) is 5.51 Å². The van der Waals surface area contributed by atoms with Gasteiger partial charge in [-0.05, 0) is 38.0 Å². The molecule has 0 aliphatic heterocycles. The summed E-state index contributed by atoms with van der Waals surface area (Å²) in [7, 11) is 0. The third-order valence-electron chi connectivity index (χ3n) is 3.67. The maximum Gasteiger partial charge on any atom is 0.0797 e. The average molecular weight is 288 g/mol. The van der Waals surface area contributed by atoms with E-state index < -0.39 is 0 Å². The topological polar surface area (TPSA) is 12.9 Å². The van der Waals surface area contributed by atoms with Crippen LogP contribution in [0.1, 0.15) is 42.7 Å². The highest BCUT2D eigenvalue weighted by Crippen LogP contribution is 2.43. The summed E-state index contributed by atoms with van der Waals surface area (Å²) in [6, 6.07) is 0. The van der Waals surface area contributed by atoms with E-state index in [-0.39, 0.29) is 0 Å². The molecule has 0 amide bonds. The van der Waals surface area contributed by atoms with Gasteiger partial charge >= 0.3 is 0 Å². The van der Waals surface area contributed by atoms with Crippen molar-refractivity contribution in [2.75, 3.05) is 5.33 Å². The molecule has 0 unspecified atom stereocenters. The maximum absolute atomic E-state index is 4.32. The van der Waals surface area contributed by atoms with Crippen molar-refractivity contribution < 1.29 is 0 Å². The average Bonchev–Trinajstić information content (AvgIpc) is 2.85. The molecule has 84 valence electrons. The van der Waals surface area contributed by atoms with Crippen molar-refractivity contribution in [3.63, 3.8) is 0 Å². The molecule has 1 saturated carbocycles. The van der Waals surface area contributed by atoms with E-state index in [0.717, 1.165) is 0 Å². The van der Waals surface area contributed by atoms with Crippen molar-refractivity contribution in [1.82, 2.24) is 4.98 Å². The van der Waals surface area contributed by atoms with Gasteiger partial charge in [0.05, 0.1) is 11.2 Å². The minimum absolute atomic E-state index is 0.594. The summed E-state index contributed by atoms with van der Waals surface area (Å²) >= 11 is 5.52. The molecule has 1 aliphatic rings. The first-order chi connectivity index (χ1) is 7.26. The van der Waals surface area contributed by atoms with Gasteiger partial charge in [-0.15, -0.1) is 11.3 Å². The summed E-state index contributed by atoms with van der Waals surface area (Å²) in [5, 5.41) is 1.18. The Morgan fingerprint density at radius 2 is 2.20 bits per heavy atom. The lowest BCUT2D eigenvalue weighted by Gasteiger charge is -2.26. The number of hydrogen-bond acceptors (Lipinski definition) is 2. The molecule has 3 heteroatoms. The van der Waals surface area contributed by atoms with Gasteiger partial charge in [0.1, 0.15) is 0 Å². The second-order valence-electron chi connectivity index (χ2n) is 4.70. The van der Waals surface area contributed by atoms with Gasteiger partial charge in [-0.2, -0.15) is 0 Å². The Kier molecular flexibility index (Phi) is 3.83. The van der Waals surface area contributed by atoms with Crippen molar-refractivity contribution in [2.45, 2.75) is 45.4 Å². The zero-order valence-corrected chi connectivity index (χ0v) is 11.7. The van der Waals surface area contributed by atoms with Crippen LogP contribution in [0.25, 0.3) is 0 Å². The van der Waals surface area contributed by atoms with Crippen LogP contribution in [0, 0.1) is 12.3 Å². The van der Waals surface area contributed by atoms with E-state index in [1.54, 1.807) is 0 Å². The summed E-state index contributed by atoms with van der Waals surface area (Å²) in [6.45, 7) is 2.13. The molecule has 0 atom stereocenters. The van der Waals surface area contributed by atoms with Crippen LogP contribution in [0.5, 0.6) is 0 Å². The summed E-state index contributed by atoms with van der Waals surface area (Å²) in [4.78, 5) is 5.81. The minimum atomic E-state index is 0.594. The number of aryl methyl sites for hydroxylation is 2. The number of hydrogen-bond donors (Lipinski definition) is 0. The van der Waals surface area contributed by atoms with Gasteiger partial charge in [0.15, 0.2) is 0 Å². The van der Waals surface area contributed by atoms with Crippen molar-refractivity contribution in [1.29, 1.82) is 0 Å². The summed E-state index contributed by atoms with van der Waals surface area (Å²) in [6.07, 6.45) is 8.23. The largest absolute Gasteiger partial charge is 0.250 e. The molecule has 0 radical (unpaired) electrons. The summed E-state index contributed by atoms with van der Waals surface area (Å²) in [5.41, 5.74) is 3.80. The molecule has 1 aromatic rings. The van der Waals surface area contributed by atoms with Gasteiger partial charge in [-0.1, -0.05) is 28.8 Å². The van der Waals surface area contributed by atoms with E-state index in [2.05, 4.69) is 27.8 Å². The number of halogens is 1. The lowest BCUT2D eigenvalue weighted by molar-refractivity contribution is 0.320. The van der Waals surface area contributed by atoms with Crippen molar-refractivity contribution >= 4 is 27.3 Å². The monoisotopic (exact) mass is 287 g/mol. The summed E-state index contributed by atoms with van der Waals surface area (Å²) in [5.74, 6) is 0. The number of nitrogens with zero attached hydrogens (tertiary/aromatic N) is 1. The van der Waals surface area contributed by atoms with Crippen LogP contribution in [0.3, 0.4) is 0 Å². The third-order valence-corrected chi connectivity index (χ3v) is 5.86. The van der Waals surface area contributed by atoms with Gasteiger partial charge in [0, 0.05) is 10.2 Å². The SMILES string of the molecule is Cc1ncsc1CCC1(CBr)CCCC1. The molecule has 1 aromatic heterocycles. The molecule has 15 heavy (non-hydrogen) atoms. The molecule has 1 nitrogen and oxygen atoms in total. The van der Waals surface area contributed by atoms with Crippen molar-refractivity contribution in [3.8, 4) is 0 Å². The molecule has 0 N–H and O–H groups in total. The Hall–Kier alpha value is 0.110. The third kappa shape index (κ3) is 2.62. The van der Waals surface area contributed by atoms with Crippen LogP contribution in [0.2, 0.25) is 0 Å². The molecule has 2 rings (SSSR count). The molecule has 1 fully saturated rings.